The van der Waals surface area contributed by atoms with Crippen molar-refractivity contribution < 1.29 is 14.8 Å². The highest BCUT2D eigenvalue weighted by atomic mass is 35.5. The minimum atomic E-state index is -1.65. The second-order valence-corrected chi connectivity index (χ2v) is 4.66. The predicted octanol–water partition coefficient (Wildman–Crippen LogP) is 1.00. The van der Waals surface area contributed by atoms with Gasteiger partial charge in [0, 0.05) is 22.6 Å². The number of halogens is 1. The van der Waals surface area contributed by atoms with Crippen LogP contribution >= 0.6 is 11.6 Å². The molecule has 0 aromatic heterocycles. The van der Waals surface area contributed by atoms with Crippen LogP contribution in [0.5, 0.6) is 0 Å². The third-order valence-corrected chi connectivity index (χ3v) is 2.50. The number of carbonyl (C=O) groups is 1. The molecule has 1 aromatic carbocycles. The summed E-state index contributed by atoms with van der Waals surface area (Å²) in [5, 5.41) is 21.1. The van der Waals surface area contributed by atoms with Gasteiger partial charge in [-0.15, -0.1) is 0 Å². The number of anilines is 1. The lowest BCUT2D eigenvalue weighted by atomic mass is 9.80. The van der Waals surface area contributed by atoms with Gasteiger partial charge in [0.15, 0.2) is 0 Å². The molecule has 92 valence electrons. The molecule has 1 aromatic rings. The van der Waals surface area contributed by atoms with E-state index in [1.165, 1.54) is 12.1 Å². The minimum Gasteiger partial charge on any atom is -0.423 e. The number of nitrogens with one attached hydrogen (secondary N) is 1. The monoisotopic (exact) mass is 255 g/mol. The summed E-state index contributed by atoms with van der Waals surface area (Å²) >= 11 is 5.78. The summed E-state index contributed by atoms with van der Waals surface area (Å²) in [7, 11) is -1.65. The molecule has 0 bridgehead atoms. The van der Waals surface area contributed by atoms with Gasteiger partial charge in [0.1, 0.15) is 0 Å². The van der Waals surface area contributed by atoms with Gasteiger partial charge in [0.2, 0.25) is 5.91 Å². The summed E-state index contributed by atoms with van der Waals surface area (Å²) in [6.07, 6.45) is 0.416. The fourth-order valence-electron chi connectivity index (χ4n) is 1.40. The van der Waals surface area contributed by atoms with Gasteiger partial charge in [0.05, 0.1) is 0 Å². The largest absolute Gasteiger partial charge is 0.490 e. The first-order valence-corrected chi connectivity index (χ1v) is 5.73. The first-order chi connectivity index (χ1) is 7.90. The summed E-state index contributed by atoms with van der Waals surface area (Å²) in [4.78, 5) is 11.5. The van der Waals surface area contributed by atoms with E-state index in [2.05, 4.69) is 5.32 Å². The van der Waals surface area contributed by atoms with Gasteiger partial charge in [0.25, 0.3) is 0 Å². The van der Waals surface area contributed by atoms with E-state index in [0.717, 1.165) is 0 Å². The quantitative estimate of drug-likeness (QED) is 0.703. The normalized spacial score (nSPS) is 10.5. The molecule has 0 fully saturated rings. The van der Waals surface area contributed by atoms with Gasteiger partial charge in [-0.25, -0.2) is 0 Å². The Morgan fingerprint density at radius 3 is 2.65 bits per heavy atom. The molecule has 1 rings (SSSR count). The number of hydrogen-bond donors (Lipinski definition) is 3. The number of amides is 1. The van der Waals surface area contributed by atoms with Gasteiger partial charge < -0.3 is 15.4 Å². The Kier molecular flexibility index (Phi) is 4.99. The minimum absolute atomic E-state index is 0.110. The molecule has 0 aliphatic heterocycles. The summed E-state index contributed by atoms with van der Waals surface area (Å²) in [6.45, 7) is 3.90. The van der Waals surface area contributed by atoms with Crippen molar-refractivity contribution in [2.75, 3.05) is 5.32 Å². The molecule has 1 amide bonds. The van der Waals surface area contributed by atoms with E-state index in [9.17, 15) is 4.79 Å². The van der Waals surface area contributed by atoms with Crippen LogP contribution in [0.1, 0.15) is 20.3 Å². The first-order valence-electron chi connectivity index (χ1n) is 5.35. The molecular weight excluding hydrogens is 240 g/mol. The summed E-state index contributed by atoms with van der Waals surface area (Å²) in [6, 6.07) is 4.58. The van der Waals surface area contributed by atoms with E-state index in [1.807, 2.05) is 13.8 Å². The zero-order chi connectivity index (χ0) is 13.0. The van der Waals surface area contributed by atoms with Crippen LogP contribution < -0.4 is 10.8 Å². The van der Waals surface area contributed by atoms with Crippen LogP contribution in [0.25, 0.3) is 0 Å². The van der Waals surface area contributed by atoms with Crippen molar-refractivity contribution in [2.45, 2.75) is 20.3 Å². The third-order valence-electron chi connectivity index (χ3n) is 2.15. The lowest BCUT2D eigenvalue weighted by Gasteiger charge is -2.09. The van der Waals surface area contributed by atoms with Crippen LogP contribution in [0.15, 0.2) is 18.2 Å². The lowest BCUT2D eigenvalue weighted by molar-refractivity contribution is -0.116. The van der Waals surface area contributed by atoms with Crippen LogP contribution in [0.2, 0.25) is 5.02 Å². The lowest BCUT2D eigenvalue weighted by Crippen LogP contribution is -2.31. The maximum atomic E-state index is 11.5. The highest BCUT2D eigenvalue weighted by Crippen LogP contribution is 2.13. The van der Waals surface area contributed by atoms with Gasteiger partial charge in [-0.2, -0.15) is 0 Å². The van der Waals surface area contributed by atoms with Crippen LogP contribution in [0, 0.1) is 5.92 Å². The van der Waals surface area contributed by atoms with Crippen LogP contribution in [-0.4, -0.2) is 23.1 Å². The fraction of sp³-hybridized carbons (Fsp3) is 0.364. The molecular formula is C11H15BClNO3. The Morgan fingerprint density at radius 2 is 2.12 bits per heavy atom. The van der Waals surface area contributed by atoms with E-state index in [-0.39, 0.29) is 22.3 Å². The van der Waals surface area contributed by atoms with Crippen molar-refractivity contribution in [1.29, 1.82) is 0 Å². The van der Waals surface area contributed by atoms with E-state index in [1.54, 1.807) is 6.07 Å². The third kappa shape index (κ3) is 4.38. The number of rotatable bonds is 4. The summed E-state index contributed by atoms with van der Waals surface area (Å²) < 4.78 is 0. The van der Waals surface area contributed by atoms with Gasteiger partial charge >= 0.3 is 7.12 Å². The Labute approximate surface area is 106 Å². The number of benzene rings is 1. The maximum absolute atomic E-state index is 11.5. The standard InChI is InChI=1S/C11H15BClNO3/c1-7(2)5-11(15)14-8-3-4-10(13)9(6-8)12(16)17/h3-4,6-7,16-17H,5H2,1-2H3,(H,14,15). The van der Waals surface area contributed by atoms with Gasteiger partial charge in [-0.05, 0) is 24.1 Å². The van der Waals surface area contributed by atoms with Crippen molar-refractivity contribution >= 4 is 35.8 Å². The van der Waals surface area contributed by atoms with E-state index in [0.29, 0.717) is 12.1 Å². The number of hydrogen-bond acceptors (Lipinski definition) is 3. The molecule has 0 unspecified atom stereocenters. The Morgan fingerprint density at radius 1 is 1.47 bits per heavy atom. The first kappa shape index (κ1) is 14.0. The van der Waals surface area contributed by atoms with Crippen LogP contribution in [0.3, 0.4) is 0 Å². The highest BCUT2D eigenvalue weighted by molar-refractivity contribution is 6.62. The molecule has 17 heavy (non-hydrogen) atoms. The molecule has 6 heteroatoms. The highest BCUT2D eigenvalue weighted by Gasteiger charge is 2.16. The molecule has 0 spiro atoms. The van der Waals surface area contributed by atoms with Crippen molar-refractivity contribution in [1.82, 2.24) is 0 Å². The summed E-state index contributed by atoms with van der Waals surface area (Å²) in [5.74, 6) is 0.158. The molecule has 0 heterocycles. The molecule has 4 nitrogen and oxygen atoms in total. The maximum Gasteiger partial charge on any atom is 0.490 e. The second-order valence-electron chi connectivity index (χ2n) is 4.26. The molecule has 0 radical (unpaired) electrons. The molecule has 0 atom stereocenters. The van der Waals surface area contributed by atoms with Crippen molar-refractivity contribution in [2.24, 2.45) is 5.92 Å². The smallest absolute Gasteiger partial charge is 0.423 e. The zero-order valence-corrected chi connectivity index (χ0v) is 10.5. The molecule has 0 aliphatic rings. The molecule has 0 aliphatic carbocycles. The van der Waals surface area contributed by atoms with Crippen molar-refractivity contribution in [3.05, 3.63) is 23.2 Å². The second kappa shape index (κ2) is 6.05. The SMILES string of the molecule is CC(C)CC(=O)Nc1ccc(Cl)c(B(O)O)c1. The Bertz CT molecular complexity index is 410. The van der Waals surface area contributed by atoms with Gasteiger partial charge in [-0.1, -0.05) is 25.4 Å². The average molecular weight is 256 g/mol. The van der Waals surface area contributed by atoms with E-state index in [4.69, 9.17) is 21.6 Å². The molecule has 3 N–H and O–H groups in total. The topological polar surface area (TPSA) is 69.6 Å². The van der Waals surface area contributed by atoms with E-state index >= 15 is 0 Å². The molecule has 0 saturated heterocycles. The predicted molar refractivity (Wildman–Crippen MR) is 69.4 cm³/mol. The van der Waals surface area contributed by atoms with Gasteiger partial charge in [-0.3, -0.25) is 4.79 Å². The van der Waals surface area contributed by atoms with Crippen LogP contribution in [-0.2, 0) is 4.79 Å². The average Bonchev–Trinajstić information content (AvgIpc) is 2.19. The zero-order valence-electron chi connectivity index (χ0n) is 9.77. The Hall–Kier alpha value is -1.04. The fourth-order valence-corrected chi connectivity index (χ4v) is 1.62. The Balaban J connectivity index is 2.79. The van der Waals surface area contributed by atoms with Crippen molar-refractivity contribution in [3.63, 3.8) is 0 Å². The van der Waals surface area contributed by atoms with Crippen LogP contribution in [0.4, 0.5) is 5.69 Å². The molecule has 0 saturated carbocycles. The summed E-state index contributed by atoms with van der Waals surface area (Å²) in [5.41, 5.74) is 0.678. The van der Waals surface area contributed by atoms with Crippen molar-refractivity contribution in [3.8, 4) is 0 Å². The number of carbonyl (C=O) groups excluding carboxylic acids is 1. The van der Waals surface area contributed by atoms with E-state index < -0.39 is 7.12 Å².